The van der Waals surface area contributed by atoms with Crippen molar-refractivity contribution >= 4 is 34.5 Å². The minimum atomic E-state index is -1.03. The van der Waals surface area contributed by atoms with E-state index in [1.807, 2.05) is 50.4 Å². The van der Waals surface area contributed by atoms with E-state index in [2.05, 4.69) is 11.8 Å². The number of nitrogens with zero attached hydrogens (tertiary/aromatic N) is 3. The van der Waals surface area contributed by atoms with Crippen molar-refractivity contribution in [3.63, 3.8) is 0 Å². The second-order valence-electron chi connectivity index (χ2n) is 5.94. The Kier molecular flexibility index (Phi) is 4.92. The topological polar surface area (TPSA) is 47.0 Å². The Labute approximate surface area is 153 Å². The van der Waals surface area contributed by atoms with Gasteiger partial charge in [-0.05, 0) is 50.7 Å². The Bertz CT molecular complexity index is 772. The predicted molar refractivity (Wildman–Crippen MR) is 104 cm³/mol. The summed E-state index contributed by atoms with van der Waals surface area (Å²) in [5.41, 5.74) is 3.14. The third-order valence-corrected chi connectivity index (χ3v) is 5.17. The van der Waals surface area contributed by atoms with Crippen molar-refractivity contribution in [2.45, 2.75) is 27.0 Å². The van der Waals surface area contributed by atoms with Crippen molar-refractivity contribution in [3.8, 4) is 0 Å². The third kappa shape index (κ3) is 2.75. The molecule has 1 aromatic carbocycles. The molecule has 25 heavy (non-hydrogen) atoms. The van der Waals surface area contributed by atoms with E-state index in [1.165, 1.54) is 0 Å². The lowest BCUT2D eigenvalue weighted by Crippen LogP contribution is -2.58. The standard InChI is InChI=1S/C19H23N3O2S/c1-4-20-12-11-14(13-9-7-8-10-15(13)20)16-17(23)21(5-2)19(25)22(6-3)18(16)24/h7-12,17,23H,4-6H2,1-3H3. The number of para-hydroxylation sites is 1. The molecule has 6 heteroatoms. The molecule has 0 saturated carbocycles. The fourth-order valence-corrected chi connectivity index (χ4v) is 3.84. The number of carbonyl (C=O) groups is 1. The molecule has 1 aromatic rings. The van der Waals surface area contributed by atoms with Crippen LogP contribution in [-0.2, 0) is 4.79 Å². The summed E-state index contributed by atoms with van der Waals surface area (Å²) in [6.45, 7) is 7.73. The summed E-state index contributed by atoms with van der Waals surface area (Å²) in [5.74, 6) is -0.218. The molecule has 1 N–H and O–H groups in total. The highest BCUT2D eigenvalue weighted by Crippen LogP contribution is 2.37. The van der Waals surface area contributed by atoms with Crippen molar-refractivity contribution in [1.82, 2.24) is 9.80 Å². The van der Waals surface area contributed by atoms with Gasteiger partial charge in [-0.25, -0.2) is 0 Å². The maximum atomic E-state index is 13.0. The second kappa shape index (κ2) is 6.98. The Hall–Kier alpha value is -2.18. The van der Waals surface area contributed by atoms with Crippen LogP contribution in [0, 0.1) is 0 Å². The van der Waals surface area contributed by atoms with E-state index in [1.54, 1.807) is 9.80 Å². The van der Waals surface area contributed by atoms with Gasteiger partial charge in [-0.3, -0.25) is 9.69 Å². The maximum absolute atomic E-state index is 13.0. The molecule has 1 amide bonds. The molecule has 5 nitrogen and oxygen atoms in total. The smallest absolute Gasteiger partial charge is 0.261 e. The summed E-state index contributed by atoms with van der Waals surface area (Å²) in [6, 6.07) is 7.95. The molecule has 0 aromatic heterocycles. The molecule has 3 rings (SSSR count). The van der Waals surface area contributed by atoms with Crippen LogP contribution in [0.4, 0.5) is 5.69 Å². The minimum Gasteiger partial charge on any atom is -0.369 e. The van der Waals surface area contributed by atoms with Gasteiger partial charge in [0, 0.05) is 37.1 Å². The Morgan fingerprint density at radius 3 is 2.48 bits per heavy atom. The van der Waals surface area contributed by atoms with E-state index in [9.17, 15) is 9.90 Å². The van der Waals surface area contributed by atoms with E-state index < -0.39 is 6.23 Å². The SMILES string of the molecule is CCN1C(=O)C(=C2C=CN(CC)c3ccccc32)C(O)N(CC)C1=S. The van der Waals surface area contributed by atoms with E-state index in [-0.39, 0.29) is 5.91 Å². The van der Waals surface area contributed by atoms with E-state index in [0.717, 1.165) is 23.4 Å². The van der Waals surface area contributed by atoms with Gasteiger partial charge in [0.1, 0.15) is 0 Å². The van der Waals surface area contributed by atoms with Gasteiger partial charge < -0.3 is 14.9 Å². The first kappa shape index (κ1) is 17.6. The summed E-state index contributed by atoms with van der Waals surface area (Å²) < 4.78 is 0. The Balaban J connectivity index is 2.21. The Morgan fingerprint density at radius 2 is 1.84 bits per heavy atom. The number of thiocarbonyl (C=S) groups is 1. The highest BCUT2D eigenvalue weighted by Gasteiger charge is 2.40. The molecule has 2 aliphatic rings. The van der Waals surface area contributed by atoms with E-state index >= 15 is 0 Å². The minimum absolute atomic E-state index is 0.218. The van der Waals surface area contributed by atoms with E-state index in [0.29, 0.717) is 23.8 Å². The number of benzene rings is 1. The fourth-order valence-electron chi connectivity index (χ4n) is 3.40. The molecule has 1 saturated heterocycles. The van der Waals surface area contributed by atoms with Gasteiger partial charge in [0.25, 0.3) is 5.91 Å². The quantitative estimate of drug-likeness (QED) is 0.666. The zero-order valence-electron chi connectivity index (χ0n) is 14.8. The van der Waals surface area contributed by atoms with Crippen LogP contribution >= 0.6 is 12.2 Å². The number of carbonyl (C=O) groups excluding carboxylic acids is 1. The number of hydrogen-bond acceptors (Lipinski definition) is 4. The fraction of sp³-hybridized carbons (Fsp3) is 0.368. The first-order chi connectivity index (χ1) is 12.0. The third-order valence-electron chi connectivity index (χ3n) is 4.72. The first-order valence-corrected chi connectivity index (χ1v) is 9.04. The van der Waals surface area contributed by atoms with Crippen LogP contribution in [0.3, 0.4) is 0 Å². The van der Waals surface area contributed by atoms with Crippen molar-refractivity contribution in [1.29, 1.82) is 0 Å². The number of aliphatic hydroxyl groups is 1. The van der Waals surface area contributed by atoms with Crippen LogP contribution in [0.25, 0.3) is 5.57 Å². The van der Waals surface area contributed by atoms with Crippen LogP contribution in [0.2, 0.25) is 0 Å². The van der Waals surface area contributed by atoms with Gasteiger partial charge in [-0.15, -0.1) is 0 Å². The van der Waals surface area contributed by atoms with Crippen LogP contribution in [-0.4, -0.2) is 51.8 Å². The molecule has 0 bridgehead atoms. The molecule has 1 fully saturated rings. The highest BCUT2D eigenvalue weighted by atomic mass is 32.1. The highest BCUT2D eigenvalue weighted by molar-refractivity contribution is 7.80. The van der Waals surface area contributed by atoms with E-state index in [4.69, 9.17) is 12.2 Å². The summed E-state index contributed by atoms with van der Waals surface area (Å²) in [4.78, 5) is 18.4. The average Bonchev–Trinajstić information content (AvgIpc) is 2.62. The molecular formula is C19H23N3O2S. The maximum Gasteiger partial charge on any atom is 0.261 e. The van der Waals surface area contributed by atoms with Crippen molar-refractivity contribution < 1.29 is 9.90 Å². The average molecular weight is 357 g/mol. The number of anilines is 1. The monoisotopic (exact) mass is 357 g/mol. The number of fused-ring (bicyclic) bond motifs is 1. The van der Waals surface area contributed by atoms with Gasteiger partial charge in [0.2, 0.25) is 0 Å². The number of rotatable bonds is 3. The molecule has 0 aliphatic carbocycles. The molecule has 2 aliphatic heterocycles. The van der Waals surface area contributed by atoms with Crippen LogP contribution in [0.1, 0.15) is 26.3 Å². The number of allylic oxidation sites excluding steroid dienone is 2. The van der Waals surface area contributed by atoms with Crippen LogP contribution in [0.15, 0.2) is 42.1 Å². The molecule has 0 spiro atoms. The van der Waals surface area contributed by atoms with Gasteiger partial charge in [0.05, 0.1) is 5.57 Å². The van der Waals surface area contributed by atoms with Crippen LogP contribution in [0.5, 0.6) is 0 Å². The molecule has 132 valence electrons. The Morgan fingerprint density at radius 1 is 1.12 bits per heavy atom. The molecular weight excluding hydrogens is 334 g/mol. The van der Waals surface area contributed by atoms with Crippen molar-refractivity contribution in [2.75, 3.05) is 24.5 Å². The summed E-state index contributed by atoms with van der Waals surface area (Å²) in [7, 11) is 0. The largest absolute Gasteiger partial charge is 0.369 e. The van der Waals surface area contributed by atoms with Gasteiger partial charge in [-0.2, -0.15) is 0 Å². The molecule has 1 unspecified atom stereocenters. The number of likely N-dealkylation sites (N-methyl/N-ethyl adjacent to an activating group) is 2. The lowest BCUT2D eigenvalue weighted by atomic mass is 9.92. The van der Waals surface area contributed by atoms with Crippen LogP contribution < -0.4 is 4.90 Å². The number of hydrogen-bond donors (Lipinski definition) is 1. The summed E-state index contributed by atoms with van der Waals surface area (Å²) >= 11 is 5.39. The predicted octanol–water partition coefficient (Wildman–Crippen LogP) is 2.58. The summed E-state index contributed by atoms with van der Waals surface area (Å²) in [6.07, 6.45) is 2.84. The second-order valence-corrected chi connectivity index (χ2v) is 6.30. The summed E-state index contributed by atoms with van der Waals surface area (Å²) in [5, 5.41) is 11.3. The molecule has 0 radical (unpaired) electrons. The lowest BCUT2D eigenvalue weighted by molar-refractivity contribution is -0.128. The van der Waals surface area contributed by atoms with Gasteiger partial charge >= 0.3 is 0 Å². The molecule has 1 atom stereocenters. The van der Waals surface area contributed by atoms with Gasteiger partial charge in [0.15, 0.2) is 11.3 Å². The zero-order valence-corrected chi connectivity index (χ0v) is 15.6. The van der Waals surface area contributed by atoms with Crippen molar-refractivity contribution in [2.24, 2.45) is 0 Å². The number of aliphatic hydroxyl groups excluding tert-OH is 1. The number of amides is 1. The normalized spacial score (nSPS) is 23.4. The molecule has 2 heterocycles. The van der Waals surface area contributed by atoms with Crippen molar-refractivity contribution in [3.05, 3.63) is 47.7 Å². The lowest BCUT2D eigenvalue weighted by Gasteiger charge is -2.42. The zero-order chi connectivity index (χ0) is 18.1. The first-order valence-electron chi connectivity index (χ1n) is 8.64. The van der Waals surface area contributed by atoms with Gasteiger partial charge in [-0.1, -0.05) is 18.2 Å².